The van der Waals surface area contributed by atoms with Gasteiger partial charge in [-0.1, -0.05) is 36.0 Å². The second-order valence-corrected chi connectivity index (χ2v) is 7.14. The second-order valence-electron chi connectivity index (χ2n) is 5.36. The second kappa shape index (κ2) is 7.32. The standard InChI is InChI=1S/C18H15BrN2O2S/c1-11-7-8-13(9-12(11)2)16(22)10-24-18-21-20-17(23-18)14-5-3-4-6-15(14)19/h3-9H,10H2,1-2H3. The Morgan fingerprint density at radius 2 is 1.92 bits per heavy atom. The van der Waals surface area contributed by atoms with Gasteiger partial charge in [0.25, 0.3) is 5.22 Å². The maximum atomic E-state index is 12.3. The van der Waals surface area contributed by atoms with Gasteiger partial charge in [-0.2, -0.15) is 0 Å². The average molecular weight is 403 g/mol. The first-order valence-electron chi connectivity index (χ1n) is 7.36. The lowest BCUT2D eigenvalue weighted by Gasteiger charge is -2.03. The molecular weight excluding hydrogens is 388 g/mol. The Hall–Kier alpha value is -1.92. The zero-order valence-electron chi connectivity index (χ0n) is 13.2. The van der Waals surface area contributed by atoms with Gasteiger partial charge in [0, 0.05) is 10.0 Å². The molecule has 0 atom stereocenters. The van der Waals surface area contributed by atoms with Gasteiger partial charge in [-0.15, -0.1) is 10.2 Å². The number of nitrogens with zero attached hydrogens (tertiary/aromatic N) is 2. The van der Waals surface area contributed by atoms with Gasteiger partial charge in [0.15, 0.2) is 5.78 Å². The largest absolute Gasteiger partial charge is 0.411 e. The zero-order valence-corrected chi connectivity index (χ0v) is 15.6. The van der Waals surface area contributed by atoms with Gasteiger partial charge in [0.2, 0.25) is 5.89 Å². The van der Waals surface area contributed by atoms with Crippen LogP contribution in [0.4, 0.5) is 0 Å². The highest BCUT2D eigenvalue weighted by Gasteiger charge is 2.14. The topological polar surface area (TPSA) is 56.0 Å². The maximum absolute atomic E-state index is 12.3. The predicted octanol–water partition coefficient (Wildman–Crippen LogP) is 5.09. The molecule has 4 nitrogen and oxygen atoms in total. The number of thioether (sulfide) groups is 1. The minimum Gasteiger partial charge on any atom is -0.411 e. The summed E-state index contributed by atoms with van der Waals surface area (Å²) < 4.78 is 6.52. The molecule has 0 aliphatic carbocycles. The molecule has 0 saturated carbocycles. The zero-order chi connectivity index (χ0) is 17.1. The Balaban J connectivity index is 1.68. The van der Waals surface area contributed by atoms with E-state index in [1.807, 2.05) is 56.3 Å². The van der Waals surface area contributed by atoms with E-state index in [0.29, 0.717) is 16.7 Å². The van der Waals surface area contributed by atoms with Gasteiger partial charge in [0.05, 0.1) is 11.3 Å². The van der Waals surface area contributed by atoms with E-state index in [9.17, 15) is 4.79 Å². The van der Waals surface area contributed by atoms with Crippen molar-refractivity contribution in [3.63, 3.8) is 0 Å². The van der Waals surface area contributed by atoms with Gasteiger partial charge in [-0.05, 0) is 59.1 Å². The predicted molar refractivity (Wildman–Crippen MR) is 98.4 cm³/mol. The molecule has 0 radical (unpaired) electrons. The van der Waals surface area contributed by atoms with Crippen LogP contribution in [-0.2, 0) is 0 Å². The summed E-state index contributed by atoms with van der Waals surface area (Å²) in [5.74, 6) is 0.743. The van der Waals surface area contributed by atoms with Gasteiger partial charge in [-0.3, -0.25) is 4.79 Å². The number of ketones is 1. The van der Waals surface area contributed by atoms with Crippen molar-refractivity contribution in [3.8, 4) is 11.5 Å². The van der Waals surface area contributed by atoms with Crippen LogP contribution >= 0.6 is 27.7 Å². The molecule has 1 heterocycles. The van der Waals surface area contributed by atoms with Gasteiger partial charge >= 0.3 is 0 Å². The van der Waals surface area contributed by atoms with E-state index in [-0.39, 0.29) is 11.5 Å². The van der Waals surface area contributed by atoms with E-state index < -0.39 is 0 Å². The van der Waals surface area contributed by atoms with E-state index in [4.69, 9.17) is 4.42 Å². The molecule has 0 saturated heterocycles. The van der Waals surface area contributed by atoms with E-state index >= 15 is 0 Å². The van der Waals surface area contributed by atoms with Crippen LogP contribution in [0.15, 0.2) is 56.6 Å². The molecule has 3 aromatic rings. The fourth-order valence-corrected chi connectivity index (χ4v) is 3.25. The number of aryl methyl sites for hydroxylation is 2. The number of benzene rings is 2. The van der Waals surface area contributed by atoms with Crippen LogP contribution in [-0.4, -0.2) is 21.7 Å². The van der Waals surface area contributed by atoms with E-state index in [1.54, 1.807) is 0 Å². The van der Waals surface area contributed by atoms with Crippen molar-refractivity contribution in [1.29, 1.82) is 0 Å². The molecule has 6 heteroatoms. The van der Waals surface area contributed by atoms with Gasteiger partial charge in [0.1, 0.15) is 0 Å². The molecule has 122 valence electrons. The normalized spacial score (nSPS) is 10.8. The number of rotatable bonds is 5. The third-order valence-electron chi connectivity index (χ3n) is 3.67. The monoisotopic (exact) mass is 402 g/mol. The summed E-state index contributed by atoms with van der Waals surface area (Å²) in [6.07, 6.45) is 0. The fourth-order valence-electron chi connectivity index (χ4n) is 2.14. The Bertz CT molecular complexity index is 892. The van der Waals surface area contributed by atoms with Gasteiger partial charge in [-0.25, -0.2) is 0 Å². The van der Waals surface area contributed by atoms with Crippen molar-refractivity contribution < 1.29 is 9.21 Å². The number of hydrogen-bond acceptors (Lipinski definition) is 5. The van der Waals surface area contributed by atoms with Crippen molar-refractivity contribution in [2.24, 2.45) is 0 Å². The molecule has 2 aromatic carbocycles. The molecular formula is C18H15BrN2O2S. The fraction of sp³-hybridized carbons (Fsp3) is 0.167. The highest BCUT2D eigenvalue weighted by atomic mass is 79.9. The first kappa shape index (κ1) is 16.9. The van der Waals surface area contributed by atoms with Crippen LogP contribution in [0.25, 0.3) is 11.5 Å². The lowest BCUT2D eigenvalue weighted by molar-refractivity contribution is 0.102. The van der Waals surface area contributed by atoms with Crippen molar-refractivity contribution >= 4 is 33.5 Å². The summed E-state index contributed by atoms with van der Waals surface area (Å²) in [6.45, 7) is 4.03. The maximum Gasteiger partial charge on any atom is 0.277 e. The summed E-state index contributed by atoms with van der Waals surface area (Å²) in [5.41, 5.74) is 3.82. The van der Waals surface area contributed by atoms with Crippen molar-refractivity contribution in [2.75, 3.05) is 5.75 Å². The first-order chi connectivity index (χ1) is 11.5. The number of aromatic nitrogens is 2. The molecule has 0 bridgehead atoms. The summed E-state index contributed by atoms with van der Waals surface area (Å²) >= 11 is 4.71. The Morgan fingerprint density at radius 1 is 1.12 bits per heavy atom. The molecule has 0 unspecified atom stereocenters. The van der Waals surface area contributed by atoms with E-state index in [0.717, 1.165) is 15.6 Å². The minimum atomic E-state index is 0.0451. The van der Waals surface area contributed by atoms with Crippen molar-refractivity contribution in [2.45, 2.75) is 19.1 Å². The van der Waals surface area contributed by atoms with Crippen LogP contribution in [0.5, 0.6) is 0 Å². The molecule has 0 amide bonds. The molecule has 0 spiro atoms. The van der Waals surface area contributed by atoms with Crippen LogP contribution < -0.4 is 0 Å². The molecule has 0 aliphatic heterocycles. The first-order valence-corrected chi connectivity index (χ1v) is 9.14. The van der Waals surface area contributed by atoms with Crippen LogP contribution in [0, 0.1) is 13.8 Å². The van der Waals surface area contributed by atoms with E-state index in [1.165, 1.54) is 17.3 Å². The number of hydrogen-bond donors (Lipinski definition) is 0. The number of carbonyl (C=O) groups excluding carboxylic acids is 1. The summed E-state index contributed by atoms with van der Waals surface area (Å²) in [6, 6.07) is 13.4. The van der Waals surface area contributed by atoms with Crippen LogP contribution in [0.1, 0.15) is 21.5 Å². The average Bonchev–Trinajstić information content (AvgIpc) is 3.04. The number of halogens is 1. The Morgan fingerprint density at radius 3 is 2.67 bits per heavy atom. The third kappa shape index (κ3) is 3.76. The highest BCUT2D eigenvalue weighted by molar-refractivity contribution is 9.10. The lowest BCUT2D eigenvalue weighted by Crippen LogP contribution is -2.03. The SMILES string of the molecule is Cc1ccc(C(=O)CSc2nnc(-c3ccccc3Br)o2)cc1C. The molecule has 0 fully saturated rings. The van der Waals surface area contributed by atoms with E-state index in [2.05, 4.69) is 26.1 Å². The number of carbonyl (C=O) groups is 1. The molecule has 24 heavy (non-hydrogen) atoms. The summed E-state index contributed by atoms with van der Waals surface area (Å²) in [5, 5.41) is 8.44. The smallest absolute Gasteiger partial charge is 0.277 e. The van der Waals surface area contributed by atoms with Crippen molar-refractivity contribution in [1.82, 2.24) is 10.2 Å². The Labute approximate surface area is 152 Å². The quantitative estimate of drug-likeness (QED) is 0.439. The summed E-state index contributed by atoms with van der Waals surface area (Å²) in [4.78, 5) is 12.3. The summed E-state index contributed by atoms with van der Waals surface area (Å²) in [7, 11) is 0. The van der Waals surface area contributed by atoms with Crippen LogP contribution in [0.3, 0.4) is 0 Å². The lowest BCUT2D eigenvalue weighted by atomic mass is 10.0. The highest BCUT2D eigenvalue weighted by Crippen LogP contribution is 2.29. The van der Waals surface area contributed by atoms with Crippen molar-refractivity contribution in [3.05, 3.63) is 63.6 Å². The third-order valence-corrected chi connectivity index (χ3v) is 5.18. The molecule has 0 aliphatic rings. The molecule has 0 N–H and O–H groups in total. The minimum absolute atomic E-state index is 0.0451. The Kier molecular flexibility index (Phi) is 5.16. The molecule has 1 aromatic heterocycles. The number of Topliss-reactive ketones (excluding diaryl/α,β-unsaturated/α-hetero) is 1. The van der Waals surface area contributed by atoms with Gasteiger partial charge < -0.3 is 4.42 Å². The van der Waals surface area contributed by atoms with Crippen LogP contribution in [0.2, 0.25) is 0 Å². The molecule has 3 rings (SSSR count).